The molecule has 1 heterocycles. The topological polar surface area (TPSA) is 59.6 Å². The Morgan fingerprint density at radius 3 is 2.62 bits per heavy atom. The summed E-state index contributed by atoms with van der Waals surface area (Å²) in [5.74, 6) is 0.141. The second kappa shape index (κ2) is 8.82. The van der Waals surface area contributed by atoms with Crippen molar-refractivity contribution >= 4 is 6.03 Å². The number of halogens is 2. The summed E-state index contributed by atoms with van der Waals surface area (Å²) in [6.45, 7) is 1.45. The molecule has 2 rings (SSSR count). The fraction of sp³-hybridized carbons (Fsp3) is 0.588. The zero-order valence-electron chi connectivity index (χ0n) is 13.9. The van der Waals surface area contributed by atoms with Gasteiger partial charge in [-0.1, -0.05) is 18.2 Å². The van der Waals surface area contributed by atoms with Crippen LogP contribution in [0.15, 0.2) is 24.3 Å². The lowest BCUT2D eigenvalue weighted by Crippen LogP contribution is -2.47. The smallest absolute Gasteiger partial charge is 0.387 e. The Bertz CT molecular complexity index is 532. The summed E-state index contributed by atoms with van der Waals surface area (Å²) >= 11 is 0. The lowest BCUT2D eigenvalue weighted by Gasteiger charge is -2.32. The summed E-state index contributed by atoms with van der Waals surface area (Å²) in [4.78, 5) is 12.0. The molecule has 5 nitrogen and oxygen atoms in total. The molecule has 1 unspecified atom stereocenters. The Hall–Kier alpha value is -1.89. The van der Waals surface area contributed by atoms with Gasteiger partial charge in [0.1, 0.15) is 5.75 Å². The quantitative estimate of drug-likeness (QED) is 0.835. The average Bonchev–Trinajstić information content (AvgIpc) is 2.47. The van der Waals surface area contributed by atoms with Crippen LogP contribution in [0.4, 0.5) is 13.6 Å². The fourth-order valence-corrected chi connectivity index (χ4v) is 2.99. The van der Waals surface area contributed by atoms with Crippen LogP contribution in [0.3, 0.4) is 0 Å². The van der Waals surface area contributed by atoms with E-state index in [1.54, 1.807) is 18.2 Å². The van der Waals surface area contributed by atoms with Gasteiger partial charge in [0.05, 0.1) is 12.2 Å². The Morgan fingerprint density at radius 2 is 1.96 bits per heavy atom. The van der Waals surface area contributed by atoms with Gasteiger partial charge in [0, 0.05) is 12.6 Å². The molecule has 1 aromatic rings. The van der Waals surface area contributed by atoms with E-state index in [1.807, 2.05) is 13.8 Å². The SMILES string of the molecule is C[C@@H]1CC(NC(=O)NCCc2ccccc2OC(F)F)C[C@H](C)O1. The van der Waals surface area contributed by atoms with Gasteiger partial charge in [0.25, 0.3) is 0 Å². The van der Waals surface area contributed by atoms with Crippen molar-refractivity contribution in [3.8, 4) is 5.75 Å². The van der Waals surface area contributed by atoms with Crippen LogP contribution < -0.4 is 15.4 Å². The van der Waals surface area contributed by atoms with E-state index in [-0.39, 0.29) is 30.0 Å². The van der Waals surface area contributed by atoms with Crippen LogP contribution in [0.2, 0.25) is 0 Å². The molecule has 0 spiro atoms. The maximum Gasteiger partial charge on any atom is 0.387 e. The number of carbonyl (C=O) groups excluding carboxylic acids is 1. The van der Waals surface area contributed by atoms with Gasteiger partial charge >= 0.3 is 12.6 Å². The lowest BCUT2D eigenvalue weighted by molar-refractivity contribution is -0.0504. The van der Waals surface area contributed by atoms with Gasteiger partial charge in [-0.2, -0.15) is 8.78 Å². The van der Waals surface area contributed by atoms with Crippen molar-refractivity contribution in [1.29, 1.82) is 0 Å². The van der Waals surface area contributed by atoms with Crippen LogP contribution in [0.5, 0.6) is 5.75 Å². The highest BCUT2D eigenvalue weighted by atomic mass is 19.3. The number of amides is 2. The van der Waals surface area contributed by atoms with E-state index in [4.69, 9.17) is 4.74 Å². The molecule has 2 amide bonds. The van der Waals surface area contributed by atoms with Crippen LogP contribution in [0, 0.1) is 0 Å². The summed E-state index contributed by atoms with van der Waals surface area (Å²) < 4.78 is 34.8. The molecule has 0 aliphatic carbocycles. The van der Waals surface area contributed by atoms with Gasteiger partial charge in [0.15, 0.2) is 0 Å². The third-order valence-corrected chi connectivity index (χ3v) is 3.90. The number of alkyl halides is 2. The van der Waals surface area contributed by atoms with Crippen LogP contribution in [0.25, 0.3) is 0 Å². The minimum absolute atomic E-state index is 0.0817. The zero-order valence-corrected chi connectivity index (χ0v) is 13.9. The van der Waals surface area contributed by atoms with Crippen molar-refractivity contribution in [2.45, 2.75) is 58.0 Å². The molecule has 3 atom stereocenters. The summed E-state index contributed by atoms with van der Waals surface area (Å²) in [6.07, 6.45) is 2.22. The minimum atomic E-state index is -2.86. The summed E-state index contributed by atoms with van der Waals surface area (Å²) in [6, 6.07) is 6.41. The number of urea groups is 1. The maximum absolute atomic E-state index is 12.4. The number of para-hydroxylation sites is 1. The Morgan fingerprint density at radius 1 is 1.29 bits per heavy atom. The van der Waals surface area contributed by atoms with Crippen molar-refractivity contribution in [2.75, 3.05) is 6.54 Å². The molecular formula is C17H24F2N2O3. The molecule has 0 saturated carbocycles. The molecule has 1 aliphatic heterocycles. The van der Waals surface area contributed by atoms with E-state index in [1.165, 1.54) is 6.07 Å². The molecule has 0 bridgehead atoms. The van der Waals surface area contributed by atoms with E-state index >= 15 is 0 Å². The lowest BCUT2D eigenvalue weighted by atomic mass is 10.0. The van der Waals surface area contributed by atoms with Crippen molar-refractivity contribution in [2.24, 2.45) is 0 Å². The number of ether oxygens (including phenoxy) is 2. The first-order valence-corrected chi connectivity index (χ1v) is 8.16. The van der Waals surface area contributed by atoms with E-state index in [0.29, 0.717) is 18.5 Å². The molecule has 1 aromatic carbocycles. The number of hydrogen-bond acceptors (Lipinski definition) is 3. The molecule has 134 valence electrons. The van der Waals surface area contributed by atoms with Crippen molar-refractivity contribution in [3.63, 3.8) is 0 Å². The minimum Gasteiger partial charge on any atom is -0.435 e. The standard InChI is InChI=1S/C17H24F2N2O3/c1-11-9-14(10-12(2)23-11)21-17(22)20-8-7-13-5-3-4-6-15(13)24-16(18)19/h3-6,11-12,14,16H,7-10H2,1-2H3,(H2,20,21,22)/t11-,12+,14?. The molecule has 24 heavy (non-hydrogen) atoms. The van der Waals surface area contributed by atoms with Gasteiger partial charge < -0.3 is 20.1 Å². The number of rotatable bonds is 6. The highest BCUT2D eigenvalue weighted by Gasteiger charge is 2.25. The van der Waals surface area contributed by atoms with Crippen LogP contribution in [-0.4, -0.2) is 37.4 Å². The number of nitrogens with one attached hydrogen (secondary N) is 2. The van der Waals surface area contributed by atoms with Gasteiger partial charge in [-0.05, 0) is 44.7 Å². The monoisotopic (exact) mass is 342 g/mol. The summed E-state index contributed by atoms with van der Waals surface area (Å²) in [5, 5.41) is 5.69. The van der Waals surface area contributed by atoms with Gasteiger partial charge in [-0.3, -0.25) is 0 Å². The highest BCUT2D eigenvalue weighted by molar-refractivity contribution is 5.74. The van der Waals surface area contributed by atoms with E-state index < -0.39 is 6.61 Å². The van der Waals surface area contributed by atoms with E-state index in [9.17, 15) is 13.6 Å². The normalized spacial score (nSPS) is 23.8. The predicted octanol–water partition coefficient (Wildman–Crippen LogP) is 3.09. The van der Waals surface area contributed by atoms with E-state index in [2.05, 4.69) is 15.4 Å². The molecule has 7 heteroatoms. The average molecular weight is 342 g/mol. The maximum atomic E-state index is 12.4. The highest BCUT2D eigenvalue weighted by Crippen LogP contribution is 2.21. The first kappa shape index (κ1) is 18.4. The van der Waals surface area contributed by atoms with Gasteiger partial charge in [0.2, 0.25) is 0 Å². The van der Waals surface area contributed by atoms with Crippen molar-refractivity contribution < 1.29 is 23.0 Å². The zero-order chi connectivity index (χ0) is 17.5. The molecule has 0 aromatic heterocycles. The molecule has 2 N–H and O–H groups in total. The summed E-state index contributed by atoms with van der Waals surface area (Å²) in [5.41, 5.74) is 0.631. The first-order valence-electron chi connectivity index (χ1n) is 8.16. The Kier molecular flexibility index (Phi) is 6.78. The second-order valence-electron chi connectivity index (χ2n) is 6.06. The van der Waals surface area contributed by atoms with Crippen molar-refractivity contribution in [3.05, 3.63) is 29.8 Å². The predicted molar refractivity (Wildman–Crippen MR) is 86.3 cm³/mol. The largest absolute Gasteiger partial charge is 0.435 e. The third-order valence-electron chi connectivity index (χ3n) is 3.90. The number of carbonyl (C=O) groups is 1. The van der Waals surface area contributed by atoms with Crippen LogP contribution >= 0.6 is 0 Å². The van der Waals surface area contributed by atoms with Crippen molar-refractivity contribution in [1.82, 2.24) is 10.6 Å². The Labute approximate surface area is 140 Å². The molecular weight excluding hydrogens is 318 g/mol. The number of hydrogen-bond donors (Lipinski definition) is 2. The number of benzene rings is 1. The fourth-order valence-electron chi connectivity index (χ4n) is 2.99. The van der Waals surface area contributed by atoms with E-state index in [0.717, 1.165) is 12.8 Å². The summed E-state index contributed by atoms with van der Waals surface area (Å²) in [7, 11) is 0. The molecule has 0 radical (unpaired) electrons. The van der Waals surface area contributed by atoms with Crippen LogP contribution in [0.1, 0.15) is 32.3 Å². The molecule has 1 fully saturated rings. The van der Waals surface area contributed by atoms with Gasteiger partial charge in [-0.25, -0.2) is 4.79 Å². The Balaban J connectivity index is 1.77. The second-order valence-corrected chi connectivity index (χ2v) is 6.06. The first-order chi connectivity index (χ1) is 11.4. The molecule has 1 aliphatic rings. The third kappa shape index (κ3) is 5.96. The van der Waals surface area contributed by atoms with Gasteiger partial charge in [-0.15, -0.1) is 0 Å². The van der Waals surface area contributed by atoms with Crippen LogP contribution in [-0.2, 0) is 11.2 Å². The molecule has 1 saturated heterocycles.